The third-order valence-electron chi connectivity index (χ3n) is 3.87. The number of benzene rings is 1. The van der Waals surface area contributed by atoms with Crippen LogP contribution in [0, 0.1) is 0 Å². The maximum atomic E-state index is 12.8. The molecule has 8 heteroatoms. The van der Waals surface area contributed by atoms with E-state index in [0.29, 0.717) is 11.3 Å². The Bertz CT molecular complexity index is 725. The fourth-order valence-electron chi connectivity index (χ4n) is 2.64. The molecular weight excluding hydrogens is 352 g/mol. The van der Waals surface area contributed by atoms with E-state index in [1.807, 2.05) is 0 Å². The molecule has 27 heavy (non-hydrogen) atoms. The molecule has 0 aromatic heterocycles. The van der Waals surface area contributed by atoms with Crippen LogP contribution >= 0.6 is 0 Å². The number of carbonyl (C=O) groups excluding carboxylic acids is 3. The zero-order valence-electron chi connectivity index (χ0n) is 16.3. The van der Waals surface area contributed by atoms with E-state index < -0.39 is 29.7 Å². The Kier molecular flexibility index (Phi) is 6.22. The summed E-state index contributed by atoms with van der Waals surface area (Å²) in [6.45, 7) is 5.39. The lowest BCUT2D eigenvalue weighted by Crippen LogP contribution is -2.55. The maximum absolute atomic E-state index is 12.8. The van der Waals surface area contributed by atoms with Gasteiger partial charge >= 0.3 is 5.97 Å². The van der Waals surface area contributed by atoms with Crippen molar-refractivity contribution in [1.82, 2.24) is 4.90 Å². The van der Waals surface area contributed by atoms with E-state index in [0.717, 1.165) is 0 Å². The van der Waals surface area contributed by atoms with Gasteiger partial charge in [-0.2, -0.15) is 0 Å². The van der Waals surface area contributed by atoms with E-state index >= 15 is 0 Å². The van der Waals surface area contributed by atoms with Gasteiger partial charge in [0, 0.05) is 31.9 Å². The molecule has 1 aliphatic heterocycles. The molecule has 0 spiro atoms. The normalized spacial score (nSPS) is 18.8. The Hall–Kier alpha value is -2.45. The average molecular weight is 378 g/mol. The van der Waals surface area contributed by atoms with Gasteiger partial charge in [-0.3, -0.25) is 9.59 Å². The van der Waals surface area contributed by atoms with Gasteiger partial charge in [-0.25, -0.2) is 4.79 Å². The van der Waals surface area contributed by atoms with Crippen molar-refractivity contribution in [2.75, 3.05) is 32.1 Å². The smallest absolute Gasteiger partial charge is 0.338 e. The van der Waals surface area contributed by atoms with Gasteiger partial charge in [0.05, 0.1) is 6.61 Å². The van der Waals surface area contributed by atoms with E-state index in [4.69, 9.17) is 9.47 Å². The molecule has 148 valence electrons. The number of nitrogens with zero attached hydrogens (tertiary/aromatic N) is 2. The first-order valence-corrected chi connectivity index (χ1v) is 8.67. The molecule has 0 radical (unpaired) electrons. The van der Waals surface area contributed by atoms with E-state index in [1.54, 1.807) is 59.1 Å². The lowest BCUT2D eigenvalue weighted by molar-refractivity contribution is -0.177. The molecule has 0 unspecified atom stereocenters. The number of rotatable bonds is 4. The van der Waals surface area contributed by atoms with Crippen LogP contribution in [0.5, 0.6) is 0 Å². The standard InChI is InChI=1S/C19H26N2O6/c1-19(2,3)27-18(25)14(22)15-17(24)21(9-10-26-15)13-8-6-7-12(11-13)16(23)20(4)5/h6-8,11,14-15,22H,9-10H2,1-5H3/t14-,15-/m1/s1. The van der Waals surface area contributed by atoms with Crippen molar-refractivity contribution < 1.29 is 29.0 Å². The maximum Gasteiger partial charge on any atom is 0.338 e. The number of esters is 1. The molecule has 0 aliphatic carbocycles. The largest absolute Gasteiger partial charge is 0.458 e. The van der Waals surface area contributed by atoms with Gasteiger partial charge in [-0.1, -0.05) is 6.07 Å². The Morgan fingerprint density at radius 2 is 2.00 bits per heavy atom. The Balaban J connectivity index is 2.21. The second-order valence-electron chi connectivity index (χ2n) is 7.51. The number of anilines is 1. The Morgan fingerprint density at radius 1 is 1.33 bits per heavy atom. The van der Waals surface area contributed by atoms with Gasteiger partial charge in [-0.15, -0.1) is 0 Å². The molecule has 2 amide bonds. The van der Waals surface area contributed by atoms with Crippen LogP contribution in [0.3, 0.4) is 0 Å². The molecule has 1 aromatic rings. The minimum atomic E-state index is -1.73. The Labute approximate surface area is 158 Å². The summed E-state index contributed by atoms with van der Waals surface area (Å²) < 4.78 is 10.5. The predicted molar refractivity (Wildman–Crippen MR) is 98.4 cm³/mol. The SMILES string of the molecule is CN(C)C(=O)c1cccc(N2CCO[C@H]([C@@H](O)C(=O)OC(C)(C)C)C2=O)c1. The van der Waals surface area contributed by atoms with Gasteiger partial charge in [0.15, 0.2) is 12.2 Å². The second kappa shape index (κ2) is 8.06. The highest BCUT2D eigenvalue weighted by Crippen LogP contribution is 2.23. The number of carbonyl (C=O) groups is 3. The van der Waals surface area contributed by atoms with Gasteiger partial charge in [-0.05, 0) is 39.0 Å². The van der Waals surface area contributed by atoms with Crippen LogP contribution in [0.25, 0.3) is 0 Å². The topological polar surface area (TPSA) is 96.4 Å². The van der Waals surface area contributed by atoms with Crippen LogP contribution in [0.2, 0.25) is 0 Å². The lowest BCUT2D eigenvalue weighted by Gasteiger charge is -2.34. The summed E-state index contributed by atoms with van der Waals surface area (Å²) in [6.07, 6.45) is -3.09. The highest BCUT2D eigenvalue weighted by atomic mass is 16.6. The summed E-state index contributed by atoms with van der Waals surface area (Å²) in [6, 6.07) is 6.62. The fourth-order valence-corrected chi connectivity index (χ4v) is 2.64. The van der Waals surface area contributed by atoms with Gasteiger partial charge in [0.25, 0.3) is 11.8 Å². The summed E-state index contributed by atoms with van der Waals surface area (Å²) >= 11 is 0. The highest BCUT2D eigenvalue weighted by Gasteiger charge is 2.41. The molecule has 1 saturated heterocycles. The van der Waals surface area contributed by atoms with Crippen LogP contribution in [0.1, 0.15) is 31.1 Å². The third kappa shape index (κ3) is 5.05. The summed E-state index contributed by atoms with van der Waals surface area (Å²) in [5.74, 6) is -1.67. The zero-order chi connectivity index (χ0) is 20.4. The molecule has 1 heterocycles. The van der Waals surface area contributed by atoms with Crippen molar-refractivity contribution >= 4 is 23.5 Å². The number of aliphatic hydroxyl groups excluding tert-OH is 1. The van der Waals surface area contributed by atoms with Crippen LogP contribution in [-0.4, -0.2) is 72.8 Å². The van der Waals surface area contributed by atoms with E-state index in [-0.39, 0.29) is 19.1 Å². The van der Waals surface area contributed by atoms with Crippen molar-refractivity contribution in [3.05, 3.63) is 29.8 Å². The number of hydrogen-bond acceptors (Lipinski definition) is 6. The van der Waals surface area contributed by atoms with Crippen LogP contribution in [-0.2, 0) is 19.1 Å². The first kappa shape index (κ1) is 20.9. The first-order chi connectivity index (χ1) is 12.5. The first-order valence-electron chi connectivity index (χ1n) is 8.67. The molecule has 1 fully saturated rings. The Morgan fingerprint density at radius 3 is 2.59 bits per heavy atom. The number of hydrogen-bond donors (Lipinski definition) is 1. The summed E-state index contributed by atoms with van der Waals surface area (Å²) in [5.41, 5.74) is 0.134. The van der Waals surface area contributed by atoms with Crippen molar-refractivity contribution in [2.45, 2.75) is 38.6 Å². The number of amides is 2. The molecule has 1 N–H and O–H groups in total. The molecule has 0 saturated carbocycles. The molecule has 2 rings (SSSR count). The molecule has 1 aliphatic rings. The van der Waals surface area contributed by atoms with Crippen LogP contribution < -0.4 is 4.90 Å². The monoisotopic (exact) mass is 378 g/mol. The summed E-state index contributed by atoms with van der Waals surface area (Å²) in [5, 5.41) is 10.2. The minimum absolute atomic E-state index is 0.141. The van der Waals surface area contributed by atoms with Crippen molar-refractivity contribution in [3.63, 3.8) is 0 Å². The molecular formula is C19H26N2O6. The number of aliphatic hydroxyl groups is 1. The van der Waals surface area contributed by atoms with Crippen molar-refractivity contribution in [2.24, 2.45) is 0 Å². The summed E-state index contributed by atoms with van der Waals surface area (Å²) in [7, 11) is 3.28. The predicted octanol–water partition coefficient (Wildman–Crippen LogP) is 0.823. The fraction of sp³-hybridized carbons (Fsp3) is 0.526. The van der Waals surface area contributed by atoms with Gasteiger partial charge < -0.3 is 24.4 Å². The molecule has 1 aromatic carbocycles. The number of morpholine rings is 1. The van der Waals surface area contributed by atoms with E-state index in [1.165, 1.54) is 9.80 Å². The molecule has 0 bridgehead atoms. The van der Waals surface area contributed by atoms with Crippen LogP contribution in [0.4, 0.5) is 5.69 Å². The molecule has 8 nitrogen and oxygen atoms in total. The van der Waals surface area contributed by atoms with Crippen molar-refractivity contribution in [3.8, 4) is 0 Å². The average Bonchev–Trinajstić information content (AvgIpc) is 2.59. The van der Waals surface area contributed by atoms with Crippen molar-refractivity contribution in [1.29, 1.82) is 0 Å². The third-order valence-corrected chi connectivity index (χ3v) is 3.87. The second-order valence-corrected chi connectivity index (χ2v) is 7.51. The minimum Gasteiger partial charge on any atom is -0.458 e. The van der Waals surface area contributed by atoms with Gasteiger partial charge in [0.2, 0.25) is 0 Å². The zero-order valence-corrected chi connectivity index (χ0v) is 16.3. The van der Waals surface area contributed by atoms with E-state index in [2.05, 4.69) is 0 Å². The molecule has 2 atom stereocenters. The number of ether oxygens (including phenoxy) is 2. The lowest BCUT2D eigenvalue weighted by atomic mass is 10.1. The van der Waals surface area contributed by atoms with Gasteiger partial charge in [0.1, 0.15) is 5.60 Å². The highest BCUT2D eigenvalue weighted by molar-refractivity contribution is 6.02. The van der Waals surface area contributed by atoms with Crippen LogP contribution in [0.15, 0.2) is 24.3 Å². The summed E-state index contributed by atoms with van der Waals surface area (Å²) in [4.78, 5) is 39.9. The quantitative estimate of drug-likeness (QED) is 0.780. The van der Waals surface area contributed by atoms with E-state index in [9.17, 15) is 19.5 Å².